The Hall–Kier alpha value is -0.0800. The summed E-state index contributed by atoms with van der Waals surface area (Å²) >= 11 is 0. The number of hydroxylamine groups is 2. The van der Waals surface area contributed by atoms with Crippen LogP contribution in [-0.2, 0) is 0 Å². The second-order valence-electron chi connectivity index (χ2n) is 2.83. The molecule has 0 aromatic rings. The normalized spacial score (nSPS) is 40.9. The van der Waals surface area contributed by atoms with Gasteiger partial charge >= 0.3 is 0 Å². The molecule has 0 amide bonds. The van der Waals surface area contributed by atoms with E-state index in [1.54, 1.807) is 0 Å². The van der Waals surface area contributed by atoms with Gasteiger partial charge in [0.25, 0.3) is 0 Å². The van der Waals surface area contributed by atoms with Crippen LogP contribution in [0.5, 0.6) is 0 Å². The van der Waals surface area contributed by atoms with E-state index in [9.17, 15) is 0 Å². The maximum absolute atomic E-state index is 8.90. The Bertz CT molecular complexity index is 74.6. The third-order valence-corrected chi connectivity index (χ3v) is 1.97. The molecule has 2 unspecified atom stereocenters. The summed E-state index contributed by atoms with van der Waals surface area (Å²) in [6.45, 7) is 6.03. The van der Waals surface area contributed by atoms with Crippen molar-refractivity contribution in [3.63, 3.8) is 0 Å². The summed E-state index contributed by atoms with van der Waals surface area (Å²) in [6.07, 6.45) is 0. The van der Waals surface area contributed by atoms with E-state index >= 15 is 0 Å². The van der Waals surface area contributed by atoms with E-state index in [-0.39, 0.29) is 0 Å². The van der Waals surface area contributed by atoms with E-state index in [0.29, 0.717) is 11.8 Å². The monoisotopic (exact) mass is 115 g/mol. The topological polar surface area (TPSA) is 23.5 Å². The number of hydrogen-bond donors (Lipinski definition) is 1. The molecular weight excluding hydrogens is 102 g/mol. The van der Waals surface area contributed by atoms with E-state index in [4.69, 9.17) is 5.21 Å². The van der Waals surface area contributed by atoms with Crippen molar-refractivity contribution < 1.29 is 5.21 Å². The fourth-order valence-electron chi connectivity index (χ4n) is 1.10. The highest BCUT2D eigenvalue weighted by Crippen LogP contribution is 2.19. The highest BCUT2D eigenvalue weighted by atomic mass is 16.5. The molecule has 0 bridgehead atoms. The van der Waals surface area contributed by atoms with Crippen molar-refractivity contribution >= 4 is 0 Å². The average Bonchev–Trinajstić information content (AvgIpc) is 1.85. The number of rotatable bonds is 0. The fraction of sp³-hybridized carbons (Fsp3) is 1.00. The van der Waals surface area contributed by atoms with Crippen molar-refractivity contribution in [2.24, 2.45) is 11.8 Å². The second-order valence-corrected chi connectivity index (χ2v) is 2.83. The molecule has 1 N–H and O–H groups in total. The quantitative estimate of drug-likeness (QED) is 0.508. The fourth-order valence-corrected chi connectivity index (χ4v) is 1.10. The lowest BCUT2D eigenvalue weighted by atomic mass is 10.0. The van der Waals surface area contributed by atoms with Gasteiger partial charge in [0.15, 0.2) is 0 Å². The van der Waals surface area contributed by atoms with Crippen molar-refractivity contribution in [1.29, 1.82) is 0 Å². The molecule has 1 rings (SSSR count). The summed E-state index contributed by atoms with van der Waals surface area (Å²) in [6, 6.07) is 0. The molecule has 0 aliphatic carbocycles. The van der Waals surface area contributed by atoms with Crippen LogP contribution in [0.15, 0.2) is 0 Å². The van der Waals surface area contributed by atoms with Crippen LogP contribution in [0.1, 0.15) is 13.8 Å². The summed E-state index contributed by atoms with van der Waals surface area (Å²) in [7, 11) is 0. The zero-order valence-corrected chi connectivity index (χ0v) is 5.46. The van der Waals surface area contributed by atoms with Crippen LogP contribution in [0.25, 0.3) is 0 Å². The van der Waals surface area contributed by atoms with Gasteiger partial charge in [-0.15, -0.1) is 0 Å². The Morgan fingerprint density at radius 2 is 1.62 bits per heavy atom. The molecule has 1 aliphatic rings. The summed E-state index contributed by atoms with van der Waals surface area (Å²) < 4.78 is 0. The molecule has 1 saturated heterocycles. The Balaban J connectivity index is 2.39. The lowest BCUT2D eigenvalue weighted by molar-refractivity contribution is -0.0728. The molecule has 2 nitrogen and oxygen atoms in total. The lowest BCUT2D eigenvalue weighted by Crippen LogP contribution is -2.14. The predicted octanol–water partition coefficient (Wildman–Crippen LogP) is 0.963. The van der Waals surface area contributed by atoms with E-state index in [0.717, 1.165) is 13.1 Å². The van der Waals surface area contributed by atoms with Gasteiger partial charge in [-0.2, -0.15) is 5.06 Å². The molecule has 2 atom stereocenters. The zero-order chi connectivity index (χ0) is 6.15. The van der Waals surface area contributed by atoms with Crippen molar-refractivity contribution in [3.8, 4) is 0 Å². The molecule has 0 saturated carbocycles. The van der Waals surface area contributed by atoms with Crippen molar-refractivity contribution in [3.05, 3.63) is 0 Å². The minimum atomic E-state index is 0.667. The SMILES string of the molecule is CC1CN(O)CC1C. The smallest absolute Gasteiger partial charge is 0.0267 e. The molecule has 48 valence electrons. The van der Waals surface area contributed by atoms with Crippen LogP contribution in [-0.4, -0.2) is 23.4 Å². The minimum Gasteiger partial charge on any atom is -0.314 e. The molecule has 1 aliphatic heterocycles. The van der Waals surface area contributed by atoms with Crippen LogP contribution in [0.3, 0.4) is 0 Å². The van der Waals surface area contributed by atoms with Gasteiger partial charge in [0.2, 0.25) is 0 Å². The highest BCUT2D eigenvalue weighted by Gasteiger charge is 2.23. The Kier molecular flexibility index (Phi) is 1.54. The van der Waals surface area contributed by atoms with Gasteiger partial charge in [0, 0.05) is 13.1 Å². The summed E-state index contributed by atoms with van der Waals surface area (Å²) in [5.74, 6) is 1.33. The van der Waals surface area contributed by atoms with Crippen LogP contribution >= 0.6 is 0 Å². The minimum absolute atomic E-state index is 0.667. The first-order valence-electron chi connectivity index (χ1n) is 3.14. The van der Waals surface area contributed by atoms with Gasteiger partial charge in [0.1, 0.15) is 0 Å². The van der Waals surface area contributed by atoms with Gasteiger partial charge in [-0.3, -0.25) is 0 Å². The highest BCUT2D eigenvalue weighted by molar-refractivity contribution is 4.72. The molecule has 0 aromatic heterocycles. The largest absolute Gasteiger partial charge is 0.314 e. The Morgan fingerprint density at radius 3 is 1.75 bits per heavy atom. The molecule has 1 heterocycles. The first kappa shape index (κ1) is 6.05. The summed E-state index contributed by atoms with van der Waals surface area (Å²) in [5.41, 5.74) is 0. The van der Waals surface area contributed by atoms with Crippen molar-refractivity contribution in [2.75, 3.05) is 13.1 Å². The van der Waals surface area contributed by atoms with Gasteiger partial charge in [-0.1, -0.05) is 13.8 Å². The molecule has 0 aromatic carbocycles. The van der Waals surface area contributed by atoms with E-state index < -0.39 is 0 Å². The zero-order valence-electron chi connectivity index (χ0n) is 5.46. The molecule has 0 spiro atoms. The van der Waals surface area contributed by atoms with E-state index in [1.165, 1.54) is 5.06 Å². The predicted molar refractivity (Wildman–Crippen MR) is 31.7 cm³/mol. The molecule has 1 fully saturated rings. The van der Waals surface area contributed by atoms with Crippen molar-refractivity contribution in [1.82, 2.24) is 5.06 Å². The standard InChI is InChI=1S/C6H13NO/c1-5-3-7(8)4-6(5)2/h5-6,8H,3-4H2,1-2H3. The van der Waals surface area contributed by atoms with Crippen LogP contribution in [0, 0.1) is 11.8 Å². The average molecular weight is 115 g/mol. The van der Waals surface area contributed by atoms with Crippen LogP contribution < -0.4 is 0 Å². The molecule has 0 radical (unpaired) electrons. The molecule has 2 heteroatoms. The van der Waals surface area contributed by atoms with Crippen molar-refractivity contribution in [2.45, 2.75) is 13.8 Å². The summed E-state index contributed by atoms with van der Waals surface area (Å²) in [5, 5.41) is 10.3. The Labute approximate surface area is 50.1 Å². The van der Waals surface area contributed by atoms with Gasteiger partial charge < -0.3 is 5.21 Å². The first-order valence-corrected chi connectivity index (χ1v) is 3.14. The Morgan fingerprint density at radius 1 is 1.25 bits per heavy atom. The van der Waals surface area contributed by atoms with Gasteiger partial charge in [0.05, 0.1) is 0 Å². The van der Waals surface area contributed by atoms with E-state index in [2.05, 4.69) is 13.8 Å². The molecular formula is C6H13NO. The maximum atomic E-state index is 8.90. The summed E-state index contributed by atoms with van der Waals surface area (Å²) in [4.78, 5) is 0. The van der Waals surface area contributed by atoms with Crippen LogP contribution in [0.2, 0.25) is 0 Å². The van der Waals surface area contributed by atoms with Gasteiger partial charge in [-0.25, -0.2) is 0 Å². The lowest BCUT2D eigenvalue weighted by Gasteiger charge is -2.02. The molecule has 8 heavy (non-hydrogen) atoms. The maximum Gasteiger partial charge on any atom is 0.0267 e. The van der Waals surface area contributed by atoms with Crippen LogP contribution in [0.4, 0.5) is 0 Å². The third-order valence-electron chi connectivity index (χ3n) is 1.97. The third kappa shape index (κ3) is 1.01. The second kappa shape index (κ2) is 2.03. The van der Waals surface area contributed by atoms with Gasteiger partial charge in [-0.05, 0) is 11.8 Å². The first-order chi connectivity index (χ1) is 3.70. The van der Waals surface area contributed by atoms with E-state index in [1.807, 2.05) is 0 Å². The number of hydrogen-bond acceptors (Lipinski definition) is 2. The number of nitrogens with zero attached hydrogens (tertiary/aromatic N) is 1.